The smallest absolute Gasteiger partial charge is 0.125 e. The zero-order chi connectivity index (χ0) is 8.55. The first kappa shape index (κ1) is 7.50. The van der Waals surface area contributed by atoms with Gasteiger partial charge in [0.15, 0.2) is 0 Å². The Labute approximate surface area is 73.8 Å². The Morgan fingerprint density at radius 1 is 1.25 bits per heavy atom. The standard InChI is InChI=1S/C9H5ClFN/c10-8-3-4-12-9-5-6(11)1-2-7(8)9/h1-5H. The van der Waals surface area contributed by atoms with Gasteiger partial charge in [-0.05, 0) is 18.2 Å². The lowest BCUT2D eigenvalue weighted by Gasteiger charge is -1.97. The molecule has 0 atom stereocenters. The fourth-order valence-electron chi connectivity index (χ4n) is 1.09. The van der Waals surface area contributed by atoms with Gasteiger partial charge >= 0.3 is 0 Å². The highest BCUT2D eigenvalue weighted by Crippen LogP contribution is 2.21. The summed E-state index contributed by atoms with van der Waals surface area (Å²) < 4.78 is 12.7. The number of hydrogen-bond acceptors (Lipinski definition) is 1. The Hall–Kier alpha value is -1.15. The summed E-state index contributed by atoms with van der Waals surface area (Å²) in [7, 11) is 0. The van der Waals surface area contributed by atoms with Crippen LogP contribution in [0.4, 0.5) is 4.39 Å². The third-order valence-electron chi connectivity index (χ3n) is 1.65. The second kappa shape index (κ2) is 2.72. The highest BCUT2D eigenvalue weighted by Gasteiger charge is 1.99. The zero-order valence-corrected chi connectivity index (χ0v) is 6.85. The molecule has 1 nitrogen and oxygen atoms in total. The van der Waals surface area contributed by atoms with E-state index in [4.69, 9.17) is 11.6 Å². The van der Waals surface area contributed by atoms with Crippen molar-refractivity contribution in [2.45, 2.75) is 0 Å². The Kier molecular flexibility index (Phi) is 1.70. The molecule has 0 bridgehead atoms. The first-order valence-electron chi connectivity index (χ1n) is 3.47. The molecule has 0 saturated heterocycles. The van der Waals surface area contributed by atoms with Crippen molar-refractivity contribution < 1.29 is 4.39 Å². The molecule has 0 amide bonds. The van der Waals surface area contributed by atoms with Gasteiger partial charge in [0, 0.05) is 17.6 Å². The average Bonchev–Trinajstić information content (AvgIpc) is 2.04. The minimum Gasteiger partial charge on any atom is -0.256 e. The van der Waals surface area contributed by atoms with E-state index in [1.54, 1.807) is 18.3 Å². The number of hydrogen-bond donors (Lipinski definition) is 0. The minimum atomic E-state index is -0.294. The van der Waals surface area contributed by atoms with Crippen LogP contribution in [0, 0.1) is 5.82 Å². The Morgan fingerprint density at radius 3 is 2.92 bits per heavy atom. The summed E-state index contributed by atoms with van der Waals surface area (Å²) in [4.78, 5) is 3.98. The number of fused-ring (bicyclic) bond motifs is 1. The van der Waals surface area contributed by atoms with Gasteiger partial charge in [0.2, 0.25) is 0 Å². The van der Waals surface area contributed by atoms with Crippen LogP contribution in [-0.2, 0) is 0 Å². The molecule has 0 N–H and O–H groups in total. The van der Waals surface area contributed by atoms with Crippen LogP contribution in [-0.4, -0.2) is 4.98 Å². The SMILES string of the molecule is Fc1ccc2c(Cl)ccnc2c1. The summed E-state index contributed by atoms with van der Waals surface area (Å²) >= 11 is 5.85. The Balaban J connectivity index is 2.86. The van der Waals surface area contributed by atoms with Crippen molar-refractivity contribution in [3.8, 4) is 0 Å². The van der Waals surface area contributed by atoms with Gasteiger partial charge in [0.05, 0.1) is 10.5 Å². The monoisotopic (exact) mass is 181 g/mol. The molecular formula is C9H5ClFN. The van der Waals surface area contributed by atoms with E-state index in [1.165, 1.54) is 12.1 Å². The maximum atomic E-state index is 12.7. The molecule has 0 aliphatic carbocycles. The first-order chi connectivity index (χ1) is 5.77. The molecule has 0 aliphatic heterocycles. The lowest BCUT2D eigenvalue weighted by molar-refractivity contribution is 0.629. The third kappa shape index (κ3) is 1.14. The van der Waals surface area contributed by atoms with E-state index in [0.717, 1.165) is 5.39 Å². The van der Waals surface area contributed by atoms with Crippen molar-refractivity contribution in [3.63, 3.8) is 0 Å². The van der Waals surface area contributed by atoms with Gasteiger partial charge < -0.3 is 0 Å². The maximum Gasteiger partial charge on any atom is 0.125 e. The van der Waals surface area contributed by atoms with E-state index in [-0.39, 0.29) is 5.82 Å². The van der Waals surface area contributed by atoms with Crippen molar-refractivity contribution >= 4 is 22.5 Å². The second-order valence-corrected chi connectivity index (χ2v) is 2.86. The molecule has 0 aliphatic rings. The van der Waals surface area contributed by atoms with Gasteiger partial charge in [-0.25, -0.2) is 4.39 Å². The van der Waals surface area contributed by atoms with Crippen LogP contribution in [0.25, 0.3) is 10.9 Å². The maximum absolute atomic E-state index is 12.7. The van der Waals surface area contributed by atoms with E-state index < -0.39 is 0 Å². The number of nitrogens with zero attached hydrogens (tertiary/aromatic N) is 1. The number of benzene rings is 1. The molecule has 0 unspecified atom stereocenters. The first-order valence-corrected chi connectivity index (χ1v) is 3.85. The van der Waals surface area contributed by atoms with Crippen LogP contribution in [0.5, 0.6) is 0 Å². The lowest BCUT2D eigenvalue weighted by Crippen LogP contribution is -1.80. The van der Waals surface area contributed by atoms with Crippen molar-refractivity contribution in [2.75, 3.05) is 0 Å². The molecule has 1 aromatic heterocycles. The summed E-state index contributed by atoms with van der Waals surface area (Å²) in [5.41, 5.74) is 0.586. The summed E-state index contributed by atoms with van der Waals surface area (Å²) in [6, 6.07) is 6.04. The molecule has 0 fully saturated rings. The van der Waals surface area contributed by atoms with Gasteiger partial charge in [0.1, 0.15) is 5.82 Å². The second-order valence-electron chi connectivity index (χ2n) is 2.45. The zero-order valence-electron chi connectivity index (χ0n) is 6.09. The van der Waals surface area contributed by atoms with Crippen LogP contribution in [0.3, 0.4) is 0 Å². The van der Waals surface area contributed by atoms with Crippen molar-refractivity contribution in [1.82, 2.24) is 4.98 Å². The summed E-state index contributed by atoms with van der Waals surface area (Å²) in [6.45, 7) is 0. The molecule has 1 heterocycles. The molecule has 0 spiro atoms. The molecule has 1 aromatic carbocycles. The molecule has 2 rings (SSSR count). The minimum absolute atomic E-state index is 0.294. The topological polar surface area (TPSA) is 12.9 Å². The average molecular weight is 182 g/mol. The van der Waals surface area contributed by atoms with Gasteiger partial charge in [-0.1, -0.05) is 11.6 Å². The van der Waals surface area contributed by atoms with Crippen LogP contribution >= 0.6 is 11.6 Å². The quantitative estimate of drug-likeness (QED) is 0.609. The normalized spacial score (nSPS) is 10.5. The van der Waals surface area contributed by atoms with E-state index in [9.17, 15) is 4.39 Å². The van der Waals surface area contributed by atoms with Gasteiger partial charge in [-0.3, -0.25) is 4.98 Å². The van der Waals surface area contributed by atoms with E-state index in [2.05, 4.69) is 4.98 Å². The molecule has 0 saturated carbocycles. The summed E-state index contributed by atoms with van der Waals surface area (Å²) in [6.07, 6.45) is 1.56. The van der Waals surface area contributed by atoms with Crippen molar-refractivity contribution in [2.24, 2.45) is 0 Å². The summed E-state index contributed by atoms with van der Waals surface area (Å²) in [5, 5.41) is 1.38. The van der Waals surface area contributed by atoms with E-state index in [1.807, 2.05) is 0 Å². The molecule has 3 heteroatoms. The predicted molar refractivity (Wildman–Crippen MR) is 46.7 cm³/mol. The molecule has 2 aromatic rings. The van der Waals surface area contributed by atoms with Crippen LogP contribution < -0.4 is 0 Å². The predicted octanol–water partition coefficient (Wildman–Crippen LogP) is 3.03. The summed E-state index contributed by atoms with van der Waals surface area (Å²) in [5.74, 6) is -0.294. The van der Waals surface area contributed by atoms with Gasteiger partial charge in [-0.2, -0.15) is 0 Å². The largest absolute Gasteiger partial charge is 0.256 e. The third-order valence-corrected chi connectivity index (χ3v) is 1.98. The van der Waals surface area contributed by atoms with Crippen molar-refractivity contribution in [3.05, 3.63) is 41.3 Å². The fraction of sp³-hybridized carbons (Fsp3) is 0. The highest BCUT2D eigenvalue weighted by atomic mass is 35.5. The van der Waals surface area contributed by atoms with Crippen LogP contribution in [0.1, 0.15) is 0 Å². The van der Waals surface area contributed by atoms with E-state index >= 15 is 0 Å². The lowest BCUT2D eigenvalue weighted by atomic mass is 10.2. The van der Waals surface area contributed by atoms with Gasteiger partial charge in [0.25, 0.3) is 0 Å². The highest BCUT2D eigenvalue weighted by molar-refractivity contribution is 6.35. The van der Waals surface area contributed by atoms with E-state index in [0.29, 0.717) is 10.5 Å². The van der Waals surface area contributed by atoms with Crippen molar-refractivity contribution in [1.29, 1.82) is 0 Å². The molecule has 60 valence electrons. The number of pyridine rings is 1. The Morgan fingerprint density at radius 2 is 2.08 bits per heavy atom. The number of aromatic nitrogens is 1. The molecular weight excluding hydrogens is 177 g/mol. The van der Waals surface area contributed by atoms with Crippen LogP contribution in [0.15, 0.2) is 30.5 Å². The molecule has 0 radical (unpaired) electrons. The molecule has 12 heavy (non-hydrogen) atoms. The number of halogens is 2. The fourth-order valence-corrected chi connectivity index (χ4v) is 1.30. The van der Waals surface area contributed by atoms with Crippen LogP contribution in [0.2, 0.25) is 5.02 Å². The Bertz CT molecular complexity index is 428. The number of rotatable bonds is 0. The van der Waals surface area contributed by atoms with Gasteiger partial charge in [-0.15, -0.1) is 0 Å².